The second-order valence-electron chi connectivity index (χ2n) is 6.50. The van der Waals surface area contributed by atoms with Gasteiger partial charge in [-0.05, 0) is 18.9 Å². The number of halogens is 1. The number of aryl methyl sites for hydroxylation is 2. The van der Waals surface area contributed by atoms with E-state index in [9.17, 15) is 0 Å². The maximum Gasteiger partial charge on any atom is 0.169 e. The highest BCUT2D eigenvalue weighted by Gasteiger charge is 1.99. The summed E-state index contributed by atoms with van der Waals surface area (Å²) in [5.74, 6) is 0. The fraction of sp³-hybridized carbons (Fsp3) is 0.750. The van der Waals surface area contributed by atoms with Gasteiger partial charge in [0.2, 0.25) is 0 Å². The molecule has 2 heteroatoms. The van der Waals surface area contributed by atoms with Crippen LogP contribution in [0.2, 0.25) is 0 Å². The Kier molecular flexibility index (Phi) is 15.3. The zero-order valence-corrected chi connectivity index (χ0v) is 16.4. The summed E-state index contributed by atoms with van der Waals surface area (Å²) < 4.78 is 2.31. The van der Waals surface area contributed by atoms with Crippen LogP contribution in [0.5, 0.6) is 0 Å². The summed E-state index contributed by atoms with van der Waals surface area (Å²) in [6.07, 6.45) is 21.5. The van der Waals surface area contributed by atoms with Crippen molar-refractivity contribution in [3.05, 3.63) is 30.1 Å². The second-order valence-corrected chi connectivity index (χ2v) is 6.50. The van der Waals surface area contributed by atoms with E-state index in [4.69, 9.17) is 0 Å². The van der Waals surface area contributed by atoms with E-state index >= 15 is 0 Å². The summed E-state index contributed by atoms with van der Waals surface area (Å²) in [6.45, 7) is 5.61. The quantitative estimate of drug-likeness (QED) is 0.371. The lowest BCUT2D eigenvalue weighted by Gasteiger charge is -2.02. The van der Waals surface area contributed by atoms with Crippen LogP contribution in [0.15, 0.2) is 24.5 Å². The maximum absolute atomic E-state index is 2.31. The molecule has 1 aromatic heterocycles. The Balaban J connectivity index is 0.00000441. The smallest absolute Gasteiger partial charge is 0.169 e. The van der Waals surface area contributed by atoms with E-state index in [0.717, 1.165) is 0 Å². The van der Waals surface area contributed by atoms with Crippen LogP contribution in [0.1, 0.15) is 89.5 Å². The predicted octanol–water partition coefficient (Wildman–Crippen LogP) is 2.99. The van der Waals surface area contributed by atoms with Gasteiger partial charge in [0.05, 0.1) is 0 Å². The third-order valence-electron chi connectivity index (χ3n) is 4.33. The highest BCUT2D eigenvalue weighted by molar-refractivity contribution is 5.03. The Bertz CT molecular complexity index is 334. The van der Waals surface area contributed by atoms with Crippen LogP contribution in [0.3, 0.4) is 0 Å². The van der Waals surface area contributed by atoms with Crippen LogP contribution in [0.4, 0.5) is 0 Å². The molecular formula is C20H36BrN. The van der Waals surface area contributed by atoms with Crippen molar-refractivity contribution in [3.8, 4) is 0 Å². The number of hydrogen-bond donors (Lipinski definition) is 0. The summed E-state index contributed by atoms with van der Waals surface area (Å²) >= 11 is 0. The lowest BCUT2D eigenvalue weighted by Crippen LogP contribution is -3.00. The molecule has 0 atom stereocenters. The van der Waals surface area contributed by atoms with E-state index in [1.54, 1.807) is 0 Å². The van der Waals surface area contributed by atoms with Crippen molar-refractivity contribution < 1.29 is 21.5 Å². The molecule has 1 rings (SSSR count). The molecule has 0 bridgehead atoms. The number of pyridine rings is 1. The van der Waals surface area contributed by atoms with E-state index in [2.05, 4.69) is 42.9 Å². The third-order valence-corrected chi connectivity index (χ3v) is 4.33. The number of unbranched alkanes of at least 4 members (excludes halogenated alkanes) is 11. The zero-order valence-electron chi connectivity index (χ0n) is 14.8. The Morgan fingerprint density at radius 1 is 0.682 bits per heavy atom. The average Bonchev–Trinajstić information content (AvgIpc) is 2.50. The molecule has 0 saturated carbocycles. The topological polar surface area (TPSA) is 3.88 Å². The van der Waals surface area contributed by atoms with Crippen LogP contribution in [0.25, 0.3) is 0 Å². The Morgan fingerprint density at radius 3 is 1.55 bits per heavy atom. The van der Waals surface area contributed by atoms with Crippen LogP contribution < -0.4 is 21.5 Å². The molecular weight excluding hydrogens is 334 g/mol. The van der Waals surface area contributed by atoms with Crippen molar-refractivity contribution in [2.45, 2.75) is 97.4 Å². The lowest BCUT2D eigenvalue weighted by atomic mass is 10.1. The van der Waals surface area contributed by atoms with E-state index in [1.807, 2.05) is 0 Å². The van der Waals surface area contributed by atoms with E-state index in [1.165, 1.54) is 89.2 Å². The minimum absolute atomic E-state index is 0. The fourth-order valence-electron chi connectivity index (χ4n) is 2.82. The molecule has 0 amide bonds. The normalized spacial score (nSPS) is 10.5. The Labute approximate surface area is 149 Å². The molecule has 0 N–H and O–H groups in total. The first kappa shape index (κ1) is 21.6. The molecule has 0 radical (unpaired) electrons. The Hall–Kier alpha value is -0.370. The summed E-state index contributed by atoms with van der Waals surface area (Å²) in [4.78, 5) is 0. The van der Waals surface area contributed by atoms with E-state index < -0.39 is 0 Å². The zero-order chi connectivity index (χ0) is 15.2. The third kappa shape index (κ3) is 12.2. The second kappa shape index (κ2) is 15.5. The van der Waals surface area contributed by atoms with Crippen molar-refractivity contribution in [1.82, 2.24) is 0 Å². The van der Waals surface area contributed by atoms with Crippen LogP contribution in [-0.4, -0.2) is 0 Å². The molecule has 128 valence electrons. The number of nitrogens with zero attached hydrogens (tertiary/aromatic N) is 1. The van der Waals surface area contributed by atoms with E-state index in [0.29, 0.717) is 0 Å². The van der Waals surface area contributed by atoms with Crippen LogP contribution in [-0.2, 0) is 6.54 Å². The Morgan fingerprint density at radius 2 is 1.09 bits per heavy atom. The molecule has 0 aliphatic heterocycles. The SMILES string of the molecule is CCCCCCCCCCCCCC[n+]1ccc(C)cc1.[Br-]. The van der Waals surface area contributed by atoms with Gasteiger partial charge in [-0.3, -0.25) is 0 Å². The first-order chi connectivity index (χ1) is 10.3. The summed E-state index contributed by atoms with van der Waals surface area (Å²) in [5, 5.41) is 0. The largest absolute Gasteiger partial charge is 1.00 e. The van der Waals surface area contributed by atoms with Gasteiger partial charge >= 0.3 is 0 Å². The summed E-state index contributed by atoms with van der Waals surface area (Å²) in [6, 6.07) is 4.39. The monoisotopic (exact) mass is 369 g/mol. The number of aromatic nitrogens is 1. The van der Waals surface area contributed by atoms with Gasteiger partial charge in [-0.25, -0.2) is 4.57 Å². The first-order valence-corrected chi connectivity index (χ1v) is 9.28. The van der Waals surface area contributed by atoms with Crippen LogP contribution in [0, 0.1) is 6.92 Å². The van der Waals surface area contributed by atoms with Gasteiger partial charge in [0, 0.05) is 18.6 Å². The summed E-state index contributed by atoms with van der Waals surface area (Å²) in [7, 11) is 0. The van der Waals surface area contributed by atoms with Gasteiger partial charge < -0.3 is 17.0 Å². The highest BCUT2D eigenvalue weighted by atomic mass is 79.9. The summed E-state index contributed by atoms with van der Waals surface area (Å²) in [5.41, 5.74) is 1.35. The molecule has 0 aliphatic rings. The molecule has 0 aliphatic carbocycles. The van der Waals surface area contributed by atoms with Crippen molar-refractivity contribution in [2.75, 3.05) is 0 Å². The minimum Gasteiger partial charge on any atom is -1.00 e. The first-order valence-electron chi connectivity index (χ1n) is 9.28. The molecule has 0 spiro atoms. The standard InChI is InChI=1S/C20H36N.BrH/c1-3-4-5-6-7-8-9-10-11-12-13-14-17-21-18-15-20(2)16-19-21;/h15-16,18-19H,3-14,17H2,1-2H3;1H/q+1;/p-1. The van der Waals surface area contributed by atoms with Gasteiger partial charge in [-0.2, -0.15) is 0 Å². The predicted molar refractivity (Wildman–Crippen MR) is 92.5 cm³/mol. The van der Waals surface area contributed by atoms with Crippen molar-refractivity contribution >= 4 is 0 Å². The molecule has 0 unspecified atom stereocenters. The fourth-order valence-corrected chi connectivity index (χ4v) is 2.82. The molecule has 0 saturated heterocycles. The van der Waals surface area contributed by atoms with E-state index in [-0.39, 0.29) is 17.0 Å². The van der Waals surface area contributed by atoms with Crippen molar-refractivity contribution in [2.24, 2.45) is 0 Å². The minimum atomic E-state index is 0. The molecule has 1 nitrogen and oxygen atoms in total. The van der Waals surface area contributed by atoms with Gasteiger partial charge in [-0.15, -0.1) is 0 Å². The molecule has 0 aromatic carbocycles. The lowest BCUT2D eigenvalue weighted by molar-refractivity contribution is -0.697. The number of hydrogen-bond acceptors (Lipinski definition) is 0. The van der Waals surface area contributed by atoms with Crippen molar-refractivity contribution in [3.63, 3.8) is 0 Å². The van der Waals surface area contributed by atoms with Gasteiger partial charge in [0.1, 0.15) is 6.54 Å². The van der Waals surface area contributed by atoms with Crippen LogP contribution >= 0.6 is 0 Å². The van der Waals surface area contributed by atoms with Gasteiger partial charge in [-0.1, -0.05) is 71.1 Å². The average molecular weight is 370 g/mol. The number of rotatable bonds is 13. The molecule has 0 fully saturated rings. The van der Waals surface area contributed by atoms with Crippen molar-refractivity contribution in [1.29, 1.82) is 0 Å². The molecule has 1 aromatic rings. The molecule has 22 heavy (non-hydrogen) atoms. The highest BCUT2D eigenvalue weighted by Crippen LogP contribution is 2.11. The van der Waals surface area contributed by atoms with Gasteiger partial charge in [0.15, 0.2) is 12.4 Å². The van der Waals surface area contributed by atoms with Gasteiger partial charge in [0.25, 0.3) is 0 Å². The maximum atomic E-state index is 2.31. The molecule has 1 heterocycles.